The highest BCUT2D eigenvalue weighted by molar-refractivity contribution is 5.80. The summed E-state index contributed by atoms with van der Waals surface area (Å²) in [6.07, 6.45) is 0.496. The summed E-state index contributed by atoms with van der Waals surface area (Å²) in [7, 11) is 1.52. The molecule has 0 saturated heterocycles. The van der Waals surface area contributed by atoms with E-state index in [1.807, 2.05) is 30.3 Å². The zero-order valence-electron chi connectivity index (χ0n) is 12.4. The highest BCUT2D eigenvalue weighted by Crippen LogP contribution is 2.13. The molecule has 5 heteroatoms. The van der Waals surface area contributed by atoms with Gasteiger partial charge in [0.1, 0.15) is 0 Å². The minimum absolute atomic E-state index is 0.302. The highest BCUT2D eigenvalue weighted by Gasteiger charge is 2.32. The number of nitrogens with zero attached hydrogens (tertiary/aromatic N) is 1. The van der Waals surface area contributed by atoms with Crippen molar-refractivity contribution in [3.8, 4) is 0 Å². The topological polar surface area (TPSA) is 57.1 Å². The molecular weight excluding hydrogens is 258 g/mol. The predicted octanol–water partition coefficient (Wildman–Crippen LogP) is 2.55. The maximum Gasteiger partial charge on any atom is 0.352 e. The average molecular weight is 279 g/mol. The Kier molecular flexibility index (Phi) is 6.03. The smallest absolute Gasteiger partial charge is 0.352 e. The number of carbonyl (C=O) groups is 1. The van der Waals surface area contributed by atoms with Gasteiger partial charge in [-0.3, -0.25) is 0 Å². The number of ether oxygens (including phenoxy) is 2. The summed E-state index contributed by atoms with van der Waals surface area (Å²) in [6, 6.07) is 9.74. The average Bonchev–Trinajstić information content (AvgIpc) is 2.44. The first-order valence-electron chi connectivity index (χ1n) is 6.49. The van der Waals surface area contributed by atoms with E-state index in [-0.39, 0.29) is 0 Å². The molecule has 0 aromatic heterocycles. The van der Waals surface area contributed by atoms with E-state index in [2.05, 4.69) is 5.16 Å². The van der Waals surface area contributed by atoms with Crippen molar-refractivity contribution in [1.82, 2.24) is 0 Å². The van der Waals surface area contributed by atoms with Crippen molar-refractivity contribution in [2.75, 3.05) is 13.7 Å². The first-order valence-corrected chi connectivity index (χ1v) is 6.49. The van der Waals surface area contributed by atoms with Crippen LogP contribution in [0, 0.1) is 0 Å². The zero-order chi connectivity index (χ0) is 15.0. The third-order valence-corrected chi connectivity index (χ3v) is 2.58. The number of rotatable bonds is 6. The second kappa shape index (κ2) is 7.53. The molecule has 1 aromatic carbocycles. The molecule has 0 spiro atoms. The maximum atomic E-state index is 11.7. The molecule has 0 saturated carbocycles. The largest absolute Gasteiger partial charge is 0.482 e. The standard InChI is InChI=1S/C15H21NO4/c1-5-19-14(17)15(2,3)20-16-13(18-4)11-12-9-7-6-8-10-12/h6-10H,5,11H2,1-4H3/b16-13-. The molecule has 0 aliphatic carbocycles. The van der Waals surface area contributed by atoms with E-state index in [9.17, 15) is 4.79 Å². The van der Waals surface area contributed by atoms with Crippen LogP contribution in [-0.4, -0.2) is 31.2 Å². The monoisotopic (exact) mass is 279 g/mol. The molecule has 0 radical (unpaired) electrons. The first-order chi connectivity index (χ1) is 9.49. The minimum atomic E-state index is -1.14. The molecule has 110 valence electrons. The molecule has 5 nitrogen and oxygen atoms in total. The van der Waals surface area contributed by atoms with Crippen LogP contribution in [0.3, 0.4) is 0 Å². The fraction of sp³-hybridized carbons (Fsp3) is 0.467. The van der Waals surface area contributed by atoms with Gasteiger partial charge in [-0.25, -0.2) is 4.79 Å². The Morgan fingerprint density at radius 2 is 1.90 bits per heavy atom. The van der Waals surface area contributed by atoms with E-state index in [0.29, 0.717) is 18.9 Å². The third kappa shape index (κ3) is 4.91. The van der Waals surface area contributed by atoms with Gasteiger partial charge in [0.2, 0.25) is 11.5 Å². The molecule has 0 fully saturated rings. The van der Waals surface area contributed by atoms with Gasteiger partial charge < -0.3 is 14.3 Å². The Bertz CT molecular complexity index is 454. The van der Waals surface area contributed by atoms with E-state index in [4.69, 9.17) is 14.3 Å². The second-order valence-corrected chi connectivity index (χ2v) is 4.67. The van der Waals surface area contributed by atoms with Crippen molar-refractivity contribution in [3.05, 3.63) is 35.9 Å². The molecule has 20 heavy (non-hydrogen) atoms. The molecule has 0 atom stereocenters. The van der Waals surface area contributed by atoms with Gasteiger partial charge in [-0.2, -0.15) is 0 Å². The summed E-state index contributed by atoms with van der Waals surface area (Å²) in [5.41, 5.74) is -0.0955. The summed E-state index contributed by atoms with van der Waals surface area (Å²) >= 11 is 0. The molecule has 0 bridgehead atoms. The molecule has 0 amide bonds. The lowest BCUT2D eigenvalue weighted by Crippen LogP contribution is -2.35. The van der Waals surface area contributed by atoms with Crippen molar-refractivity contribution in [2.45, 2.75) is 32.8 Å². The van der Waals surface area contributed by atoms with Gasteiger partial charge in [0.15, 0.2) is 0 Å². The molecule has 0 aliphatic heterocycles. The van der Waals surface area contributed by atoms with Gasteiger partial charge in [0.25, 0.3) is 0 Å². The van der Waals surface area contributed by atoms with E-state index in [0.717, 1.165) is 5.56 Å². The molecule has 0 unspecified atom stereocenters. The predicted molar refractivity (Wildman–Crippen MR) is 76.4 cm³/mol. The first kappa shape index (κ1) is 16.0. The van der Waals surface area contributed by atoms with Crippen LogP contribution < -0.4 is 0 Å². The number of carbonyl (C=O) groups excluding carboxylic acids is 1. The fourth-order valence-corrected chi connectivity index (χ4v) is 1.42. The fourth-order valence-electron chi connectivity index (χ4n) is 1.42. The molecule has 1 aromatic rings. The lowest BCUT2D eigenvalue weighted by Gasteiger charge is -2.20. The van der Waals surface area contributed by atoms with Crippen molar-refractivity contribution in [2.24, 2.45) is 5.16 Å². The third-order valence-electron chi connectivity index (χ3n) is 2.58. The van der Waals surface area contributed by atoms with Gasteiger partial charge in [-0.05, 0) is 26.3 Å². The number of benzene rings is 1. The van der Waals surface area contributed by atoms with Crippen LogP contribution in [0.15, 0.2) is 35.5 Å². The second-order valence-electron chi connectivity index (χ2n) is 4.67. The lowest BCUT2D eigenvalue weighted by molar-refractivity contribution is -0.167. The Hall–Kier alpha value is -2.04. The summed E-state index contributed by atoms with van der Waals surface area (Å²) in [6.45, 7) is 5.25. The van der Waals surface area contributed by atoms with Gasteiger partial charge in [0.05, 0.1) is 20.1 Å². The van der Waals surface area contributed by atoms with Crippen molar-refractivity contribution < 1.29 is 19.1 Å². The Morgan fingerprint density at radius 1 is 1.25 bits per heavy atom. The molecule has 0 heterocycles. The van der Waals surface area contributed by atoms with Crippen LogP contribution >= 0.6 is 0 Å². The highest BCUT2D eigenvalue weighted by atomic mass is 16.7. The van der Waals surface area contributed by atoms with E-state index < -0.39 is 11.6 Å². The summed E-state index contributed by atoms with van der Waals surface area (Å²) in [4.78, 5) is 16.9. The van der Waals surface area contributed by atoms with E-state index >= 15 is 0 Å². The van der Waals surface area contributed by atoms with Crippen LogP contribution in [0.4, 0.5) is 0 Å². The SMILES string of the molecule is CCOC(=O)C(C)(C)O/N=C(/Cc1ccccc1)OC. The Labute approximate surface area is 119 Å². The van der Waals surface area contributed by atoms with Crippen LogP contribution in [0.2, 0.25) is 0 Å². The van der Waals surface area contributed by atoms with Crippen LogP contribution in [-0.2, 0) is 25.5 Å². The summed E-state index contributed by atoms with van der Waals surface area (Å²) < 4.78 is 10.1. The number of esters is 1. The van der Waals surface area contributed by atoms with Gasteiger partial charge >= 0.3 is 5.97 Å². The molecule has 0 aliphatic rings. The van der Waals surface area contributed by atoms with Crippen LogP contribution in [0.1, 0.15) is 26.3 Å². The Balaban J connectivity index is 2.68. The maximum absolute atomic E-state index is 11.7. The normalized spacial score (nSPS) is 11.9. The number of hydrogen-bond acceptors (Lipinski definition) is 5. The molecular formula is C15H21NO4. The van der Waals surface area contributed by atoms with E-state index in [1.54, 1.807) is 20.8 Å². The van der Waals surface area contributed by atoms with Crippen molar-refractivity contribution >= 4 is 11.9 Å². The van der Waals surface area contributed by atoms with Crippen molar-refractivity contribution in [3.63, 3.8) is 0 Å². The number of oxime groups is 1. The van der Waals surface area contributed by atoms with E-state index in [1.165, 1.54) is 7.11 Å². The zero-order valence-corrected chi connectivity index (χ0v) is 12.4. The minimum Gasteiger partial charge on any atom is -0.482 e. The van der Waals surface area contributed by atoms with Gasteiger partial charge in [0, 0.05) is 0 Å². The van der Waals surface area contributed by atoms with Gasteiger partial charge in [-0.1, -0.05) is 35.5 Å². The quantitative estimate of drug-likeness (QED) is 0.347. The molecule has 0 N–H and O–H groups in total. The Morgan fingerprint density at radius 3 is 2.45 bits per heavy atom. The number of methoxy groups -OCH3 is 1. The van der Waals surface area contributed by atoms with Crippen LogP contribution in [0.25, 0.3) is 0 Å². The van der Waals surface area contributed by atoms with Crippen molar-refractivity contribution in [1.29, 1.82) is 0 Å². The summed E-state index contributed by atoms with van der Waals surface area (Å²) in [5.74, 6) is -0.0625. The number of hydrogen-bond donors (Lipinski definition) is 0. The van der Waals surface area contributed by atoms with Crippen LogP contribution in [0.5, 0.6) is 0 Å². The summed E-state index contributed by atoms with van der Waals surface area (Å²) in [5, 5.41) is 3.91. The van der Waals surface area contributed by atoms with Gasteiger partial charge in [-0.15, -0.1) is 0 Å². The molecule has 1 rings (SSSR count). The lowest BCUT2D eigenvalue weighted by atomic mass is 10.1.